The highest BCUT2D eigenvalue weighted by atomic mass is 19.1. The van der Waals surface area contributed by atoms with Crippen LogP contribution in [0.25, 0.3) is 0 Å². The molecule has 0 saturated carbocycles. The number of rotatable bonds is 5. The van der Waals surface area contributed by atoms with Crippen LogP contribution in [-0.4, -0.2) is 29.8 Å². The summed E-state index contributed by atoms with van der Waals surface area (Å²) in [6.45, 7) is 1.17. The first-order chi connectivity index (χ1) is 15.1. The summed E-state index contributed by atoms with van der Waals surface area (Å²) in [4.78, 5) is 27.7. The maximum Gasteiger partial charge on any atom is 0.256 e. The number of nitrogens with one attached hydrogen (secondary N) is 1. The maximum absolute atomic E-state index is 14.3. The minimum atomic E-state index is -0.542. The van der Waals surface area contributed by atoms with Crippen molar-refractivity contribution in [2.24, 2.45) is 5.92 Å². The van der Waals surface area contributed by atoms with E-state index in [1.54, 1.807) is 17.0 Å². The molecule has 4 nitrogen and oxygen atoms in total. The van der Waals surface area contributed by atoms with Crippen LogP contribution in [0, 0.1) is 11.7 Å². The van der Waals surface area contributed by atoms with Crippen molar-refractivity contribution < 1.29 is 14.0 Å². The highest BCUT2D eigenvalue weighted by Crippen LogP contribution is 2.31. The Morgan fingerprint density at radius 2 is 1.52 bits per heavy atom. The standard InChI is InChI=1S/C26H25FN2O2/c27-24-14-8-7-13-23(24)26(31)29-17-21(20-11-5-2-6-12-20)15-22(18-29)25(30)28-16-19-9-3-1-4-10-19/h1-14,21-22H,15-18H2,(H,28,30)/t21-,22+/m0/s1. The Bertz CT molecular complexity index is 1040. The summed E-state index contributed by atoms with van der Waals surface area (Å²) in [6, 6.07) is 25.6. The van der Waals surface area contributed by atoms with Crippen LogP contribution in [-0.2, 0) is 11.3 Å². The third-order valence-electron chi connectivity index (χ3n) is 5.79. The maximum atomic E-state index is 14.3. The van der Waals surface area contributed by atoms with Crippen LogP contribution in [0.1, 0.15) is 33.8 Å². The number of hydrogen-bond donors (Lipinski definition) is 1. The molecule has 3 aromatic rings. The van der Waals surface area contributed by atoms with E-state index in [0.717, 1.165) is 11.1 Å². The Morgan fingerprint density at radius 3 is 2.23 bits per heavy atom. The fourth-order valence-electron chi connectivity index (χ4n) is 4.16. The van der Waals surface area contributed by atoms with Crippen LogP contribution in [0.3, 0.4) is 0 Å². The topological polar surface area (TPSA) is 49.4 Å². The van der Waals surface area contributed by atoms with Crippen molar-refractivity contribution in [3.8, 4) is 0 Å². The summed E-state index contributed by atoms with van der Waals surface area (Å²) in [6.07, 6.45) is 0.645. The van der Waals surface area contributed by atoms with E-state index in [1.807, 2.05) is 60.7 Å². The average Bonchev–Trinajstić information content (AvgIpc) is 2.83. The number of carbonyl (C=O) groups is 2. The van der Waals surface area contributed by atoms with E-state index < -0.39 is 5.82 Å². The van der Waals surface area contributed by atoms with Gasteiger partial charge in [-0.1, -0.05) is 72.8 Å². The smallest absolute Gasteiger partial charge is 0.256 e. The first-order valence-electron chi connectivity index (χ1n) is 10.5. The highest BCUT2D eigenvalue weighted by molar-refractivity contribution is 5.95. The van der Waals surface area contributed by atoms with Gasteiger partial charge in [-0.05, 0) is 29.7 Å². The first-order valence-corrected chi connectivity index (χ1v) is 10.5. The lowest BCUT2D eigenvalue weighted by Gasteiger charge is -2.37. The van der Waals surface area contributed by atoms with Crippen molar-refractivity contribution in [3.63, 3.8) is 0 Å². The molecule has 0 aliphatic carbocycles. The molecule has 1 saturated heterocycles. The van der Waals surface area contributed by atoms with E-state index in [0.29, 0.717) is 19.5 Å². The van der Waals surface area contributed by atoms with E-state index >= 15 is 0 Å². The normalized spacial score (nSPS) is 18.4. The highest BCUT2D eigenvalue weighted by Gasteiger charge is 2.35. The molecule has 1 heterocycles. The number of hydrogen-bond acceptors (Lipinski definition) is 2. The molecule has 0 bridgehead atoms. The molecule has 0 unspecified atom stereocenters. The van der Waals surface area contributed by atoms with E-state index in [-0.39, 0.29) is 35.8 Å². The van der Waals surface area contributed by atoms with Gasteiger partial charge in [0.2, 0.25) is 5.91 Å². The number of nitrogens with zero attached hydrogens (tertiary/aromatic N) is 1. The molecule has 3 aromatic carbocycles. The lowest BCUT2D eigenvalue weighted by atomic mass is 9.83. The van der Waals surface area contributed by atoms with Crippen LogP contribution in [0.15, 0.2) is 84.9 Å². The van der Waals surface area contributed by atoms with Gasteiger partial charge < -0.3 is 10.2 Å². The second kappa shape index (κ2) is 9.56. The summed E-state index contributed by atoms with van der Waals surface area (Å²) in [5, 5.41) is 3.00. The molecule has 0 spiro atoms. The Hall–Kier alpha value is -3.47. The predicted octanol–water partition coefficient (Wildman–Crippen LogP) is 4.39. The molecule has 4 rings (SSSR count). The summed E-state index contributed by atoms with van der Waals surface area (Å²) in [7, 11) is 0. The quantitative estimate of drug-likeness (QED) is 0.671. The van der Waals surface area contributed by atoms with Gasteiger partial charge in [0.1, 0.15) is 5.82 Å². The van der Waals surface area contributed by atoms with E-state index in [1.165, 1.54) is 12.1 Å². The third kappa shape index (κ3) is 5.00. The number of likely N-dealkylation sites (tertiary alicyclic amines) is 1. The average molecular weight is 416 g/mol. The van der Waals surface area contributed by atoms with E-state index in [4.69, 9.17) is 0 Å². The summed E-state index contributed by atoms with van der Waals surface area (Å²) < 4.78 is 14.3. The molecule has 0 aromatic heterocycles. The number of amides is 2. The van der Waals surface area contributed by atoms with Crippen molar-refractivity contribution in [2.45, 2.75) is 18.9 Å². The minimum Gasteiger partial charge on any atom is -0.352 e. The molecule has 2 atom stereocenters. The molecular weight excluding hydrogens is 391 g/mol. The molecular formula is C26H25FN2O2. The van der Waals surface area contributed by atoms with Crippen LogP contribution in [0.5, 0.6) is 0 Å². The first kappa shape index (κ1) is 20.8. The van der Waals surface area contributed by atoms with Gasteiger partial charge in [0.05, 0.1) is 11.5 Å². The lowest BCUT2D eigenvalue weighted by Crippen LogP contribution is -2.48. The SMILES string of the molecule is O=C(NCc1ccccc1)[C@@H]1C[C@H](c2ccccc2)CN(C(=O)c2ccccc2F)C1. The van der Waals surface area contributed by atoms with Crippen LogP contribution >= 0.6 is 0 Å². The zero-order valence-corrected chi connectivity index (χ0v) is 17.2. The van der Waals surface area contributed by atoms with Crippen molar-refractivity contribution in [3.05, 3.63) is 107 Å². The summed E-state index contributed by atoms with van der Waals surface area (Å²) in [5.41, 5.74) is 2.14. The van der Waals surface area contributed by atoms with Crippen LogP contribution in [0.4, 0.5) is 4.39 Å². The molecule has 1 fully saturated rings. The number of benzene rings is 3. The van der Waals surface area contributed by atoms with E-state index in [2.05, 4.69) is 5.32 Å². The minimum absolute atomic E-state index is 0.0122. The zero-order valence-electron chi connectivity index (χ0n) is 17.2. The van der Waals surface area contributed by atoms with Crippen molar-refractivity contribution in [1.82, 2.24) is 10.2 Å². The van der Waals surface area contributed by atoms with Gasteiger partial charge in [0.25, 0.3) is 5.91 Å². The molecule has 158 valence electrons. The van der Waals surface area contributed by atoms with Gasteiger partial charge in [-0.15, -0.1) is 0 Å². The Kier molecular flexibility index (Phi) is 6.41. The van der Waals surface area contributed by atoms with Gasteiger partial charge in [0.15, 0.2) is 0 Å². The second-order valence-corrected chi connectivity index (χ2v) is 7.93. The summed E-state index contributed by atoms with van der Waals surface area (Å²) >= 11 is 0. The van der Waals surface area contributed by atoms with Crippen molar-refractivity contribution in [1.29, 1.82) is 0 Å². The fraction of sp³-hybridized carbons (Fsp3) is 0.231. The van der Waals surface area contributed by atoms with Crippen molar-refractivity contribution >= 4 is 11.8 Å². The van der Waals surface area contributed by atoms with Crippen LogP contribution < -0.4 is 5.32 Å². The number of piperidine rings is 1. The van der Waals surface area contributed by atoms with E-state index in [9.17, 15) is 14.0 Å². The Balaban J connectivity index is 1.54. The Morgan fingerprint density at radius 1 is 0.871 bits per heavy atom. The molecule has 0 radical (unpaired) electrons. The van der Waals surface area contributed by atoms with Crippen LogP contribution in [0.2, 0.25) is 0 Å². The van der Waals surface area contributed by atoms with Gasteiger partial charge in [0, 0.05) is 25.6 Å². The number of halogens is 1. The van der Waals surface area contributed by atoms with Crippen molar-refractivity contribution in [2.75, 3.05) is 13.1 Å². The van der Waals surface area contributed by atoms with Gasteiger partial charge in [-0.25, -0.2) is 4.39 Å². The van der Waals surface area contributed by atoms with Gasteiger partial charge in [-0.3, -0.25) is 9.59 Å². The van der Waals surface area contributed by atoms with Gasteiger partial charge >= 0.3 is 0 Å². The zero-order chi connectivity index (χ0) is 21.6. The molecule has 5 heteroatoms. The molecule has 31 heavy (non-hydrogen) atoms. The summed E-state index contributed by atoms with van der Waals surface area (Å²) in [5.74, 6) is -1.36. The molecule has 1 aliphatic heterocycles. The van der Waals surface area contributed by atoms with Gasteiger partial charge in [-0.2, -0.15) is 0 Å². The number of carbonyl (C=O) groups excluding carboxylic acids is 2. The largest absolute Gasteiger partial charge is 0.352 e. The molecule has 1 aliphatic rings. The molecule has 1 N–H and O–H groups in total. The monoisotopic (exact) mass is 416 g/mol. The molecule has 2 amide bonds. The fourth-order valence-corrected chi connectivity index (χ4v) is 4.16. The predicted molar refractivity (Wildman–Crippen MR) is 118 cm³/mol. The Labute approximate surface area is 181 Å². The second-order valence-electron chi connectivity index (χ2n) is 7.93. The third-order valence-corrected chi connectivity index (χ3v) is 5.79. The lowest BCUT2D eigenvalue weighted by molar-refractivity contribution is -0.126.